The smallest absolute Gasteiger partial charge is 0.276 e. The molecule has 1 atom stereocenters. The van der Waals surface area contributed by atoms with E-state index in [1.165, 1.54) is 11.8 Å². The lowest BCUT2D eigenvalue weighted by Crippen LogP contribution is -2.50. The van der Waals surface area contributed by atoms with Crippen molar-refractivity contribution in [1.29, 1.82) is 0 Å². The molecule has 126 valence electrons. The first-order valence-electron chi connectivity index (χ1n) is 8.23. The molecule has 0 bridgehead atoms. The fraction of sp³-hybridized carbons (Fsp3) is 0.211. The predicted octanol–water partition coefficient (Wildman–Crippen LogP) is 1.89. The van der Waals surface area contributed by atoms with E-state index in [0.29, 0.717) is 10.9 Å². The average Bonchev–Trinajstić information content (AvgIpc) is 2.61. The number of hydrazone groups is 1. The maximum atomic E-state index is 12.8. The summed E-state index contributed by atoms with van der Waals surface area (Å²) in [6, 6.07) is 15.8. The van der Waals surface area contributed by atoms with E-state index < -0.39 is 0 Å². The molecule has 2 heterocycles. The Morgan fingerprint density at radius 2 is 1.92 bits per heavy atom. The first-order valence-corrected chi connectivity index (χ1v) is 9.22. The van der Waals surface area contributed by atoms with Crippen molar-refractivity contribution in [3.05, 3.63) is 70.2 Å². The van der Waals surface area contributed by atoms with Crippen LogP contribution in [0.3, 0.4) is 0 Å². The Labute approximate surface area is 150 Å². The van der Waals surface area contributed by atoms with Crippen LogP contribution in [-0.4, -0.2) is 21.8 Å². The molecule has 0 radical (unpaired) electrons. The summed E-state index contributed by atoms with van der Waals surface area (Å²) >= 11 is 1.52. The topological polar surface area (TPSA) is 57.1 Å². The largest absolute Gasteiger partial charge is 0.298 e. The summed E-state index contributed by atoms with van der Waals surface area (Å²) in [4.78, 5) is 17.7. The van der Waals surface area contributed by atoms with Gasteiger partial charge in [0.05, 0.1) is 5.36 Å². The second-order valence-corrected chi connectivity index (χ2v) is 7.11. The van der Waals surface area contributed by atoms with Gasteiger partial charge in [-0.2, -0.15) is 0 Å². The standard InChI is InChI=1S/C19H18N4OS/c1-3-25-19-21-18(24)16-14-10-6-7-11-15(14)20-17(23(16)22-19)13-9-5-4-8-12(13)2/h4-11,17H,3H2,1-2H3,(H,21,22,24)/t17-/m0/s1. The van der Waals surface area contributed by atoms with E-state index in [1.54, 1.807) is 5.01 Å². The highest BCUT2D eigenvalue weighted by Gasteiger charge is 2.34. The Morgan fingerprint density at radius 3 is 2.72 bits per heavy atom. The van der Waals surface area contributed by atoms with Gasteiger partial charge in [0.2, 0.25) is 0 Å². The number of hydrogen-bond donors (Lipinski definition) is 1. The second-order valence-electron chi connectivity index (χ2n) is 5.86. The molecule has 0 fully saturated rings. The molecule has 5 nitrogen and oxygen atoms in total. The van der Waals surface area contributed by atoms with Gasteiger partial charge in [0, 0.05) is 10.8 Å². The molecule has 4 rings (SSSR count). The Kier molecular flexibility index (Phi) is 4.05. The highest BCUT2D eigenvalue weighted by atomic mass is 32.2. The van der Waals surface area contributed by atoms with Crippen molar-refractivity contribution in [1.82, 2.24) is 10.3 Å². The molecule has 0 saturated carbocycles. The number of carbonyl (C=O) groups is 1. The minimum Gasteiger partial charge on any atom is -0.298 e. The van der Waals surface area contributed by atoms with Crippen molar-refractivity contribution in [3.63, 3.8) is 0 Å². The third-order valence-corrected chi connectivity index (χ3v) is 5.01. The molecular weight excluding hydrogens is 332 g/mol. The summed E-state index contributed by atoms with van der Waals surface area (Å²) in [5.74, 6) is 0.706. The highest BCUT2D eigenvalue weighted by Crippen LogP contribution is 2.32. The third-order valence-electron chi connectivity index (χ3n) is 4.26. The fourth-order valence-electron chi connectivity index (χ4n) is 3.11. The van der Waals surface area contributed by atoms with Crippen molar-refractivity contribution in [2.75, 3.05) is 5.75 Å². The molecular formula is C19H18N4OS. The van der Waals surface area contributed by atoms with Gasteiger partial charge in [-0.1, -0.05) is 61.2 Å². The molecule has 2 aromatic carbocycles. The van der Waals surface area contributed by atoms with Crippen LogP contribution in [0.15, 0.2) is 58.6 Å². The lowest BCUT2D eigenvalue weighted by Gasteiger charge is -2.34. The molecule has 1 amide bonds. The lowest BCUT2D eigenvalue weighted by atomic mass is 10.0. The van der Waals surface area contributed by atoms with Crippen molar-refractivity contribution in [3.8, 4) is 0 Å². The van der Waals surface area contributed by atoms with Crippen LogP contribution >= 0.6 is 11.8 Å². The zero-order chi connectivity index (χ0) is 17.4. The Bertz CT molecular complexity index is 998. The normalized spacial score (nSPS) is 18.7. The SMILES string of the molecule is CCSC1=NN2C(=c3ccccc3=N[C@@H]2c2ccccc2C)C(=O)N1. The molecule has 0 unspecified atom stereocenters. The van der Waals surface area contributed by atoms with E-state index in [9.17, 15) is 4.79 Å². The number of amides is 1. The predicted molar refractivity (Wildman–Crippen MR) is 100 cm³/mol. The number of carbonyl (C=O) groups excluding carboxylic acids is 1. The van der Waals surface area contributed by atoms with Gasteiger partial charge in [-0.15, -0.1) is 5.10 Å². The van der Waals surface area contributed by atoms with Crippen LogP contribution in [0.1, 0.15) is 24.2 Å². The maximum Gasteiger partial charge on any atom is 0.276 e. The molecule has 0 spiro atoms. The minimum absolute atomic E-state index is 0.133. The molecule has 6 heteroatoms. The fourth-order valence-corrected chi connectivity index (χ4v) is 3.69. The molecule has 2 aliphatic rings. The van der Waals surface area contributed by atoms with Crippen LogP contribution in [-0.2, 0) is 4.79 Å². The second kappa shape index (κ2) is 6.37. The number of aryl methyl sites for hydroxylation is 1. The Morgan fingerprint density at radius 1 is 1.16 bits per heavy atom. The lowest BCUT2D eigenvalue weighted by molar-refractivity contribution is -0.116. The number of fused-ring (bicyclic) bond motifs is 2. The van der Waals surface area contributed by atoms with Gasteiger partial charge >= 0.3 is 0 Å². The molecule has 0 saturated heterocycles. The van der Waals surface area contributed by atoms with Crippen molar-refractivity contribution < 1.29 is 4.79 Å². The first kappa shape index (κ1) is 15.9. The number of benzene rings is 2. The van der Waals surface area contributed by atoms with Gasteiger partial charge in [-0.05, 0) is 24.3 Å². The molecule has 2 aromatic rings. The van der Waals surface area contributed by atoms with Crippen LogP contribution in [0, 0.1) is 6.92 Å². The van der Waals surface area contributed by atoms with E-state index in [0.717, 1.165) is 27.5 Å². The van der Waals surface area contributed by atoms with Gasteiger partial charge in [0.15, 0.2) is 11.3 Å². The van der Waals surface area contributed by atoms with Gasteiger partial charge in [0.25, 0.3) is 5.91 Å². The Hall–Kier alpha value is -2.60. The molecule has 0 aliphatic carbocycles. The molecule has 0 aromatic heterocycles. The summed E-state index contributed by atoms with van der Waals surface area (Å²) in [5, 5.41) is 11.6. The van der Waals surface area contributed by atoms with E-state index in [4.69, 9.17) is 10.1 Å². The zero-order valence-corrected chi connectivity index (χ0v) is 14.9. The summed E-state index contributed by atoms with van der Waals surface area (Å²) < 4.78 is 0. The van der Waals surface area contributed by atoms with Crippen LogP contribution in [0.2, 0.25) is 0 Å². The molecule has 1 N–H and O–H groups in total. The number of para-hydroxylation sites is 1. The van der Waals surface area contributed by atoms with E-state index in [1.807, 2.05) is 49.4 Å². The summed E-state index contributed by atoms with van der Waals surface area (Å²) in [6.07, 6.45) is -0.343. The number of nitrogens with zero attached hydrogens (tertiary/aromatic N) is 3. The summed E-state index contributed by atoms with van der Waals surface area (Å²) in [7, 11) is 0. The van der Waals surface area contributed by atoms with Crippen molar-refractivity contribution >= 4 is 28.5 Å². The number of thioether (sulfide) groups is 1. The van der Waals surface area contributed by atoms with E-state index in [-0.39, 0.29) is 12.1 Å². The molecule has 25 heavy (non-hydrogen) atoms. The van der Waals surface area contributed by atoms with Crippen molar-refractivity contribution in [2.24, 2.45) is 10.1 Å². The van der Waals surface area contributed by atoms with Crippen LogP contribution in [0.5, 0.6) is 0 Å². The molecule has 2 aliphatic heterocycles. The number of hydrogen-bond acceptors (Lipinski definition) is 5. The first-order chi connectivity index (χ1) is 12.2. The van der Waals surface area contributed by atoms with Crippen LogP contribution < -0.4 is 15.9 Å². The summed E-state index contributed by atoms with van der Waals surface area (Å²) in [5.41, 5.74) is 2.73. The van der Waals surface area contributed by atoms with Gasteiger partial charge in [0.1, 0.15) is 5.70 Å². The van der Waals surface area contributed by atoms with Gasteiger partial charge in [-0.25, -0.2) is 5.01 Å². The van der Waals surface area contributed by atoms with Gasteiger partial charge in [-0.3, -0.25) is 15.1 Å². The van der Waals surface area contributed by atoms with Gasteiger partial charge < -0.3 is 0 Å². The third kappa shape index (κ3) is 2.72. The van der Waals surface area contributed by atoms with E-state index >= 15 is 0 Å². The van der Waals surface area contributed by atoms with Crippen molar-refractivity contribution in [2.45, 2.75) is 20.0 Å². The zero-order valence-electron chi connectivity index (χ0n) is 14.1. The highest BCUT2D eigenvalue weighted by molar-refractivity contribution is 8.13. The Balaban J connectivity index is 1.98. The summed E-state index contributed by atoms with van der Waals surface area (Å²) in [6.45, 7) is 4.09. The average molecular weight is 350 g/mol. The van der Waals surface area contributed by atoms with E-state index in [2.05, 4.69) is 18.3 Å². The monoisotopic (exact) mass is 350 g/mol. The quantitative estimate of drug-likeness (QED) is 0.900. The van der Waals surface area contributed by atoms with Crippen LogP contribution in [0.4, 0.5) is 0 Å². The number of amidine groups is 1. The van der Waals surface area contributed by atoms with Crippen LogP contribution in [0.25, 0.3) is 5.70 Å². The minimum atomic E-state index is -0.343. The maximum absolute atomic E-state index is 12.8. The number of nitrogens with one attached hydrogen (secondary N) is 1. The number of rotatable bonds is 2.